The van der Waals surface area contributed by atoms with E-state index >= 15 is 0 Å². The van der Waals surface area contributed by atoms with E-state index in [0.29, 0.717) is 19.6 Å². The number of thiophene rings is 1. The van der Waals surface area contributed by atoms with E-state index in [1.807, 2.05) is 22.4 Å². The number of rotatable bonds is 4. The Labute approximate surface area is 164 Å². The van der Waals surface area contributed by atoms with E-state index in [0.717, 1.165) is 37.2 Å². The Bertz CT molecular complexity index is 798. The minimum absolute atomic E-state index is 0.115. The summed E-state index contributed by atoms with van der Waals surface area (Å²) in [5.41, 5.74) is 2.64. The molecule has 2 aromatic rings. The van der Waals surface area contributed by atoms with Crippen LogP contribution >= 0.6 is 11.3 Å². The smallest absolute Gasteiger partial charge is 0.275 e. The minimum atomic E-state index is 0.115. The van der Waals surface area contributed by atoms with Gasteiger partial charge in [0.15, 0.2) is 6.54 Å². The van der Waals surface area contributed by atoms with Crippen LogP contribution in [0.25, 0.3) is 0 Å². The standard InChI is InChI=1S/C21H25N3O2S/c25-20(22-18-8-3-6-16-5-1-2-7-17(16)18)15-23-10-12-24(13-11-23)21(26)19-9-4-14-27-19/h1-2,4-5,7,9,14,18H,3,6,8,10-13,15H2,(H,22,25)/p+1/t18-/m0/s1. The molecule has 1 aliphatic heterocycles. The van der Waals surface area contributed by atoms with Gasteiger partial charge >= 0.3 is 0 Å². The summed E-state index contributed by atoms with van der Waals surface area (Å²) in [5.74, 6) is 0.233. The highest BCUT2D eigenvalue weighted by molar-refractivity contribution is 7.12. The number of hydrogen-bond donors (Lipinski definition) is 2. The van der Waals surface area contributed by atoms with Crippen molar-refractivity contribution in [3.05, 3.63) is 57.8 Å². The van der Waals surface area contributed by atoms with Crippen molar-refractivity contribution in [2.75, 3.05) is 32.7 Å². The second kappa shape index (κ2) is 8.23. The molecule has 0 unspecified atom stereocenters. The van der Waals surface area contributed by atoms with Crippen molar-refractivity contribution in [3.63, 3.8) is 0 Å². The van der Waals surface area contributed by atoms with Crippen molar-refractivity contribution in [1.29, 1.82) is 0 Å². The van der Waals surface area contributed by atoms with Crippen molar-refractivity contribution in [2.24, 2.45) is 0 Å². The first-order valence-electron chi connectivity index (χ1n) is 9.74. The Balaban J connectivity index is 1.27. The van der Waals surface area contributed by atoms with Crippen LogP contribution in [0.15, 0.2) is 41.8 Å². The topological polar surface area (TPSA) is 53.9 Å². The van der Waals surface area contributed by atoms with Gasteiger partial charge in [-0.25, -0.2) is 0 Å². The maximum atomic E-state index is 12.6. The molecule has 2 heterocycles. The summed E-state index contributed by atoms with van der Waals surface area (Å²) in [5, 5.41) is 5.17. The number of benzene rings is 1. The van der Waals surface area contributed by atoms with Gasteiger partial charge in [-0.2, -0.15) is 0 Å². The van der Waals surface area contributed by atoms with E-state index in [1.54, 1.807) is 0 Å². The second-order valence-corrected chi connectivity index (χ2v) is 8.36. The molecule has 142 valence electrons. The number of aryl methyl sites for hydroxylation is 1. The Kier molecular flexibility index (Phi) is 5.55. The molecule has 1 fully saturated rings. The summed E-state index contributed by atoms with van der Waals surface area (Å²) in [6.07, 6.45) is 3.24. The Morgan fingerprint density at radius 1 is 1.15 bits per heavy atom. The molecule has 1 atom stereocenters. The summed E-state index contributed by atoms with van der Waals surface area (Å²) >= 11 is 1.49. The van der Waals surface area contributed by atoms with E-state index in [-0.39, 0.29) is 17.9 Å². The lowest BCUT2D eigenvalue weighted by molar-refractivity contribution is -0.896. The third-order valence-electron chi connectivity index (χ3n) is 5.60. The number of nitrogens with one attached hydrogen (secondary N) is 2. The van der Waals surface area contributed by atoms with Crippen LogP contribution in [0.5, 0.6) is 0 Å². The normalized spacial score (nSPS) is 20.1. The predicted molar refractivity (Wildman–Crippen MR) is 106 cm³/mol. The van der Waals surface area contributed by atoms with Crippen LogP contribution in [0.3, 0.4) is 0 Å². The summed E-state index contributed by atoms with van der Waals surface area (Å²) in [6.45, 7) is 3.56. The van der Waals surface area contributed by atoms with Crippen LogP contribution in [0, 0.1) is 0 Å². The van der Waals surface area contributed by atoms with E-state index in [9.17, 15) is 9.59 Å². The molecule has 0 radical (unpaired) electrons. The molecule has 0 bridgehead atoms. The fourth-order valence-corrected chi connectivity index (χ4v) is 4.83. The van der Waals surface area contributed by atoms with Crippen molar-refractivity contribution in [2.45, 2.75) is 25.3 Å². The zero-order chi connectivity index (χ0) is 18.6. The average Bonchev–Trinajstić information content (AvgIpc) is 3.23. The van der Waals surface area contributed by atoms with Crippen LogP contribution in [0.4, 0.5) is 0 Å². The van der Waals surface area contributed by atoms with Crippen LogP contribution in [0.1, 0.15) is 39.7 Å². The number of carbonyl (C=O) groups is 2. The van der Waals surface area contributed by atoms with Crippen LogP contribution < -0.4 is 10.2 Å². The van der Waals surface area contributed by atoms with Crippen LogP contribution in [-0.4, -0.2) is 49.4 Å². The van der Waals surface area contributed by atoms with Crippen molar-refractivity contribution in [3.8, 4) is 0 Å². The monoisotopic (exact) mass is 384 g/mol. The van der Waals surface area contributed by atoms with Gasteiger partial charge in [-0.3, -0.25) is 9.59 Å². The highest BCUT2D eigenvalue weighted by Crippen LogP contribution is 2.29. The Morgan fingerprint density at radius 3 is 2.74 bits per heavy atom. The predicted octanol–water partition coefficient (Wildman–Crippen LogP) is 1.28. The number of piperazine rings is 1. The minimum Gasteiger partial charge on any atom is -0.344 e. The molecular formula is C21H26N3O2S+. The van der Waals surface area contributed by atoms with Gasteiger partial charge in [-0.05, 0) is 41.8 Å². The zero-order valence-corrected chi connectivity index (χ0v) is 16.3. The van der Waals surface area contributed by atoms with Gasteiger partial charge in [0.2, 0.25) is 0 Å². The van der Waals surface area contributed by atoms with E-state index in [4.69, 9.17) is 0 Å². The quantitative estimate of drug-likeness (QED) is 0.835. The number of carbonyl (C=O) groups excluding carboxylic acids is 2. The number of hydrogen-bond acceptors (Lipinski definition) is 3. The van der Waals surface area contributed by atoms with Crippen LogP contribution in [-0.2, 0) is 11.2 Å². The van der Waals surface area contributed by atoms with Gasteiger partial charge in [0.05, 0.1) is 37.1 Å². The van der Waals surface area contributed by atoms with Gasteiger partial charge in [0.1, 0.15) is 0 Å². The Hall–Kier alpha value is -2.18. The fraction of sp³-hybridized carbons (Fsp3) is 0.429. The molecule has 0 saturated carbocycles. The molecule has 2 amide bonds. The highest BCUT2D eigenvalue weighted by atomic mass is 32.1. The highest BCUT2D eigenvalue weighted by Gasteiger charge is 2.28. The van der Waals surface area contributed by atoms with Gasteiger partial charge < -0.3 is 15.1 Å². The molecule has 2 aliphatic rings. The number of fused-ring (bicyclic) bond motifs is 1. The zero-order valence-electron chi connectivity index (χ0n) is 15.4. The first kappa shape index (κ1) is 18.2. The molecule has 1 aromatic carbocycles. The second-order valence-electron chi connectivity index (χ2n) is 7.41. The third-order valence-corrected chi connectivity index (χ3v) is 6.46. The molecule has 27 heavy (non-hydrogen) atoms. The molecule has 1 saturated heterocycles. The lowest BCUT2D eigenvalue weighted by Gasteiger charge is -2.32. The summed E-state index contributed by atoms with van der Waals surface area (Å²) < 4.78 is 0. The third kappa shape index (κ3) is 4.22. The van der Waals surface area contributed by atoms with E-state index in [2.05, 4.69) is 29.6 Å². The molecule has 6 heteroatoms. The number of nitrogens with zero attached hydrogens (tertiary/aromatic N) is 1. The van der Waals surface area contributed by atoms with E-state index < -0.39 is 0 Å². The number of amides is 2. The fourth-order valence-electron chi connectivity index (χ4n) is 4.14. The first-order chi connectivity index (χ1) is 13.2. The molecule has 1 aromatic heterocycles. The largest absolute Gasteiger partial charge is 0.344 e. The van der Waals surface area contributed by atoms with Crippen molar-refractivity contribution < 1.29 is 14.5 Å². The van der Waals surface area contributed by atoms with Gasteiger partial charge in [0, 0.05) is 0 Å². The maximum Gasteiger partial charge on any atom is 0.275 e. The SMILES string of the molecule is O=C(C[NH+]1CCN(C(=O)c2cccs2)CC1)N[C@H]1CCCc2ccccc21. The van der Waals surface area contributed by atoms with Crippen molar-refractivity contribution >= 4 is 23.2 Å². The molecule has 2 N–H and O–H groups in total. The molecule has 5 nitrogen and oxygen atoms in total. The van der Waals surface area contributed by atoms with E-state index in [1.165, 1.54) is 27.4 Å². The molecule has 0 spiro atoms. The molecule has 1 aliphatic carbocycles. The summed E-state index contributed by atoms with van der Waals surface area (Å²) in [6, 6.07) is 12.4. The van der Waals surface area contributed by atoms with Gasteiger partial charge in [-0.1, -0.05) is 30.3 Å². The Morgan fingerprint density at radius 2 is 1.96 bits per heavy atom. The lowest BCUT2D eigenvalue weighted by Crippen LogP contribution is -3.15. The van der Waals surface area contributed by atoms with Gasteiger partial charge in [-0.15, -0.1) is 11.3 Å². The first-order valence-corrected chi connectivity index (χ1v) is 10.6. The number of quaternary nitrogens is 1. The molecule has 4 rings (SSSR count). The maximum absolute atomic E-state index is 12.6. The summed E-state index contributed by atoms with van der Waals surface area (Å²) in [4.78, 5) is 29.0. The lowest BCUT2D eigenvalue weighted by atomic mass is 9.88. The molecular weight excluding hydrogens is 358 g/mol. The average molecular weight is 385 g/mol. The summed E-state index contributed by atoms with van der Waals surface area (Å²) in [7, 11) is 0. The van der Waals surface area contributed by atoms with Crippen molar-refractivity contribution in [1.82, 2.24) is 10.2 Å². The van der Waals surface area contributed by atoms with Gasteiger partial charge in [0.25, 0.3) is 11.8 Å². The van der Waals surface area contributed by atoms with Crippen LogP contribution in [0.2, 0.25) is 0 Å².